The molecule has 0 aromatic heterocycles. The Bertz CT molecular complexity index is 828. The number of piperidine rings is 1. The third-order valence-corrected chi connectivity index (χ3v) is 7.11. The van der Waals surface area contributed by atoms with Crippen molar-refractivity contribution in [2.45, 2.75) is 44.0 Å². The van der Waals surface area contributed by atoms with Crippen LogP contribution in [0.4, 0.5) is 0 Å². The zero-order valence-electron chi connectivity index (χ0n) is 17.1. The number of hydrogen-bond donors (Lipinski definition) is 1. The van der Waals surface area contributed by atoms with Crippen LogP contribution in [0.5, 0.6) is 0 Å². The lowest BCUT2D eigenvalue weighted by atomic mass is 9.93. The minimum atomic E-state index is -3.79. The number of nitrogens with zero attached hydrogens (tertiary/aromatic N) is 3. The Kier molecular flexibility index (Phi) is 7.21. The van der Waals surface area contributed by atoms with Crippen LogP contribution in [-0.4, -0.2) is 62.3 Å². The summed E-state index contributed by atoms with van der Waals surface area (Å²) in [6.45, 7) is 8.67. The van der Waals surface area contributed by atoms with Crippen LogP contribution in [0.3, 0.4) is 0 Å². The van der Waals surface area contributed by atoms with E-state index in [1.54, 1.807) is 0 Å². The highest BCUT2D eigenvalue weighted by Gasteiger charge is 2.31. The molecule has 1 aromatic rings. The number of nitriles is 1. The number of rotatable bonds is 7. The second kappa shape index (κ2) is 9.03. The smallest absolute Gasteiger partial charge is 0.243 e. The third kappa shape index (κ3) is 5.53. The van der Waals surface area contributed by atoms with Crippen molar-refractivity contribution in [2.24, 2.45) is 5.92 Å². The van der Waals surface area contributed by atoms with Crippen molar-refractivity contribution in [3.63, 3.8) is 0 Å². The van der Waals surface area contributed by atoms with E-state index in [4.69, 9.17) is 5.26 Å². The van der Waals surface area contributed by atoms with Crippen molar-refractivity contribution >= 4 is 15.9 Å². The zero-order chi connectivity index (χ0) is 20.9. The zero-order valence-corrected chi connectivity index (χ0v) is 17.9. The highest BCUT2D eigenvalue weighted by Crippen LogP contribution is 2.23. The van der Waals surface area contributed by atoms with Crippen LogP contribution in [0.2, 0.25) is 0 Å². The van der Waals surface area contributed by atoms with Gasteiger partial charge in [-0.25, -0.2) is 8.42 Å². The Morgan fingerprint density at radius 3 is 2.57 bits per heavy atom. The number of sulfonamides is 1. The van der Waals surface area contributed by atoms with Crippen LogP contribution in [-0.2, 0) is 14.8 Å². The van der Waals surface area contributed by atoms with Gasteiger partial charge < -0.3 is 5.32 Å². The summed E-state index contributed by atoms with van der Waals surface area (Å²) in [6, 6.07) is 7.60. The van der Waals surface area contributed by atoms with Crippen molar-refractivity contribution in [3.05, 3.63) is 29.8 Å². The lowest BCUT2D eigenvalue weighted by Gasteiger charge is -2.43. The number of benzene rings is 1. The minimum Gasteiger partial charge on any atom is -0.353 e. The Morgan fingerprint density at radius 2 is 2.00 bits per heavy atom. The fourth-order valence-electron chi connectivity index (χ4n) is 3.39. The molecule has 1 N–H and O–H groups in total. The van der Waals surface area contributed by atoms with Gasteiger partial charge in [-0.15, -0.1) is 0 Å². The summed E-state index contributed by atoms with van der Waals surface area (Å²) in [7, 11) is -2.41. The number of likely N-dealkylation sites (tertiary alicyclic amines) is 1. The SMILES string of the molecule is CC1CCCN(C(C)(C)CNC(=O)CN(C)S(=O)(=O)c2ccc(C#N)cc2)C1. The molecule has 1 heterocycles. The van der Waals surface area contributed by atoms with Crippen molar-refractivity contribution in [2.75, 3.05) is 33.2 Å². The highest BCUT2D eigenvalue weighted by atomic mass is 32.2. The fourth-order valence-corrected chi connectivity index (χ4v) is 4.52. The van der Waals surface area contributed by atoms with Crippen molar-refractivity contribution in [1.82, 2.24) is 14.5 Å². The van der Waals surface area contributed by atoms with Gasteiger partial charge in [0.05, 0.1) is 23.1 Å². The number of likely N-dealkylation sites (N-methyl/N-ethyl adjacent to an activating group) is 1. The maximum absolute atomic E-state index is 12.6. The number of hydrogen-bond acceptors (Lipinski definition) is 5. The van der Waals surface area contributed by atoms with E-state index in [0.717, 1.165) is 23.8 Å². The maximum atomic E-state index is 12.6. The first-order chi connectivity index (χ1) is 13.1. The number of nitrogens with one attached hydrogen (secondary N) is 1. The number of carbonyl (C=O) groups is 1. The highest BCUT2D eigenvalue weighted by molar-refractivity contribution is 7.89. The first-order valence-electron chi connectivity index (χ1n) is 9.54. The molecule has 1 saturated heterocycles. The van der Waals surface area contributed by atoms with E-state index >= 15 is 0 Å². The molecular formula is C20H30N4O3S. The molecule has 1 amide bonds. The van der Waals surface area contributed by atoms with Gasteiger partial charge in [0.15, 0.2) is 0 Å². The van der Waals surface area contributed by atoms with Crippen LogP contribution < -0.4 is 5.32 Å². The second-order valence-corrected chi connectivity index (χ2v) is 10.2. The fraction of sp³-hybridized carbons (Fsp3) is 0.600. The van der Waals surface area contributed by atoms with E-state index in [2.05, 4.69) is 31.0 Å². The Labute approximate surface area is 168 Å². The van der Waals surface area contributed by atoms with Crippen LogP contribution in [0.25, 0.3) is 0 Å². The monoisotopic (exact) mass is 406 g/mol. The topological polar surface area (TPSA) is 93.5 Å². The molecule has 1 atom stereocenters. The second-order valence-electron chi connectivity index (χ2n) is 8.18. The quantitative estimate of drug-likeness (QED) is 0.745. The lowest BCUT2D eigenvalue weighted by Crippen LogP contribution is -2.55. The predicted octanol–water partition coefficient (Wildman–Crippen LogP) is 1.81. The molecule has 28 heavy (non-hydrogen) atoms. The van der Waals surface area contributed by atoms with E-state index in [9.17, 15) is 13.2 Å². The Balaban J connectivity index is 1.93. The van der Waals surface area contributed by atoms with Gasteiger partial charge in [-0.2, -0.15) is 9.57 Å². The molecule has 1 fully saturated rings. The van der Waals surface area contributed by atoms with Crippen LogP contribution in [0, 0.1) is 17.2 Å². The average Bonchev–Trinajstić information content (AvgIpc) is 2.66. The lowest BCUT2D eigenvalue weighted by molar-refractivity contribution is -0.121. The standard InChI is InChI=1S/C20H30N4O3S/c1-16-6-5-11-24(13-16)20(2,3)15-22-19(25)14-23(4)28(26,27)18-9-7-17(12-21)8-10-18/h7-10,16H,5-6,11,13-15H2,1-4H3,(H,22,25). The summed E-state index contributed by atoms with van der Waals surface area (Å²) >= 11 is 0. The maximum Gasteiger partial charge on any atom is 0.243 e. The Hall–Kier alpha value is -1.95. The first kappa shape index (κ1) is 22.3. The number of carbonyl (C=O) groups excluding carboxylic acids is 1. The van der Waals surface area contributed by atoms with E-state index in [1.807, 2.05) is 6.07 Å². The molecule has 1 aliphatic heterocycles. The van der Waals surface area contributed by atoms with E-state index in [1.165, 1.54) is 37.7 Å². The van der Waals surface area contributed by atoms with Crippen LogP contribution >= 0.6 is 0 Å². The molecule has 7 nitrogen and oxygen atoms in total. The van der Waals surface area contributed by atoms with Gasteiger partial charge in [0.25, 0.3) is 0 Å². The normalized spacial score (nSPS) is 18.6. The molecule has 0 bridgehead atoms. The molecule has 1 aliphatic rings. The number of amides is 1. The summed E-state index contributed by atoms with van der Waals surface area (Å²) in [5.74, 6) is 0.310. The average molecular weight is 407 g/mol. The molecule has 1 unspecified atom stereocenters. The predicted molar refractivity (Wildman–Crippen MR) is 108 cm³/mol. The first-order valence-corrected chi connectivity index (χ1v) is 11.0. The van der Waals surface area contributed by atoms with Crippen LogP contribution in [0.15, 0.2) is 29.2 Å². The van der Waals surface area contributed by atoms with E-state index < -0.39 is 10.0 Å². The molecule has 0 aliphatic carbocycles. The molecule has 8 heteroatoms. The molecule has 0 saturated carbocycles. The molecular weight excluding hydrogens is 376 g/mol. The summed E-state index contributed by atoms with van der Waals surface area (Å²) in [4.78, 5) is 14.8. The van der Waals surface area contributed by atoms with Crippen molar-refractivity contribution in [3.8, 4) is 6.07 Å². The summed E-state index contributed by atoms with van der Waals surface area (Å²) in [5.41, 5.74) is 0.197. The van der Waals surface area contributed by atoms with Gasteiger partial charge in [-0.05, 0) is 63.4 Å². The van der Waals surface area contributed by atoms with Gasteiger partial charge >= 0.3 is 0 Å². The summed E-state index contributed by atoms with van der Waals surface area (Å²) in [6.07, 6.45) is 2.39. The van der Waals surface area contributed by atoms with Gasteiger partial charge in [0.1, 0.15) is 0 Å². The van der Waals surface area contributed by atoms with Crippen LogP contribution in [0.1, 0.15) is 39.2 Å². The summed E-state index contributed by atoms with van der Waals surface area (Å²) in [5, 5.41) is 11.7. The van der Waals surface area contributed by atoms with Gasteiger partial charge in [-0.3, -0.25) is 9.69 Å². The summed E-state index contributed by atoms with van der Waals surface area (Å²) < 4.78 is 26.2. The van der Waals surface area contributed by atoms with Crippen molar-refractivity contribution in [1.29, 1.82) is 5.26 Å². The largest absolute Gasteiger partial charge is 0.353 e. The third-order valence-electron chi connectivity index (χ3n) is 5.29. The molecule has 154 valence electrons. The Morgan fingerprint density at radius 1 is 1.36 bits per heavy atom. The van der Waals surface area contributed by atoms with E-state index in [-0.39, 0.29) is 22.9 Å². The van der Waals surface area contributed by atoms with Gasteiger partial charge in [0, 0.05) is 25.7 Å². The minimum absolute atomic E-state index is 0.0597. The van der Waals surface area contributed by atoms with Crippen molar-refractivity contribution < 1.29 is 13.2 Å². The molecule has 0 radical (unpaired) electrons. The molecule has 1 aromatic carbocycles. The van der Waals surface area contributed by atoms with Gasteiger partial charge in [-0.1, -0.05) is 6.92 Å². The molecule has 2 rings (SSSR count). The van der Waals surface area contributed by atoms with Gasteiger partial charge in [0.2, 0.25) is 15.9 Å². The van der Waals surface area contributed by atoms with E-state index in [0.29, 0.717) is 18.0 Å². The molecule has 0 spiro atoms.